The zero-order chi connectivity index (χ0) is 13.1. The van der Waals surface area contributed by atoms with E-state index in [9.17, 15) is 4.79 Å². The molecule has 0 saturated heterocycles. The van der Waals surface area contributed by atoms with E-state index in [0.717, 1.165) is 21.1 Å². The first-order chi connectivity index (χ1) is 8.58. The van der Waals surface area contributed by atoms with Crippen molar-refractivity contribution in [2.24, 2.45) is 0 Å². The maximum absolute atomic E-state index is 12.1. The minimum Gasteiger partial charge on any atom is -0.294 e. The van der Waals surface area contributed by atoms with E-state index in [1.54, 1.807) is 6.20 Å². The predicted molar refractivity (Wildman–Crippen MR) is 77.8 cm³/mol. The molecule has 1 aromatic carbocycles. The number of carbonyl (C=O) groups excluding carboxylic acids is 1. The Balaban J connectivity index is 2.16. The molecule has 94 valence electrons. The van der Waals surface area contributed by atoms with Gasteiger partial charge in [-0.2, -0.15) is 5.10 Å². The highest BCUT2D eigenvalue weighted by atomic mass is 79.9. The van der Waals surface area contributed by atoms with Crippen molar-refractivity contribution in [2.75, 3.05) is 0 Å². The average Bonchev–Trinajstić information content (AvgIpc) is 2.75. The first-order valence-corrected chi connectivity index (χ1v) is 7.17. The van der Waals surface area contributed by atoms with Gasteiger partial charge in [0.25, 0.3) is 0 Å². The van der Waals surface area contributed by atoms with E-state index in [-0.39, 0.29) is 5.78 Å². The molecule has 1 heterocycles. The average molecular weight is 372 g/mol. The number of hydrogen-bond donors (Lipinski definition) is 0. The summed E-state index contributed by atoms with van der Waals surface area (Å²) in [6.07, 6.45) is 4.03. The number of nitrogens with zero attached hydrogens (tertiary/aromatic N) is 2. The number of halogens is 2. The molecule has 18 heavy (non-hydrogen) atoms. The molecule has 0 radical (unpaired) electrons. The van der Waals surface area contributed by atoms with Gasteiger partial charge in [0.05, 0.1) is 6.20 Å². The van der Waals surface area contributed by atoms with Crippen molar-refractivity contribution in [1.29, 1.82) is 0 Å². The van der Waals surface area contributed by atoms with Crippen molar-refractivity contribution >= 4 is 37.6 Å². The lowest BCUT2D eigenvalue weighted by molar-refractivity contribution is 0.0993. The lowest BCUT2D eigenvalue weighted by Gasteiger charge is -2.01. The molecule has 1 aromatic heterocycles. The molecule has 0 atom stereocenters. The molecule has 0 aliphatic rings. The van der Waals surface area contributed by atoms with Crippen LogP contribution in [0.4, 0.5) is 0 Å². The van der Waals surface area contributed by atoms with Crippen LogP contribution in [0.5, 0.6) is 0 Å². The lowest BCUT2D eigenvalue weighted by atomic mass is 10.1. The Labute approximate surface area is 122 Å². The first-order valence-electron chi connectivity index (χ1n) is 5.59. The highest BCUT2D eigenvalue weighted by Crippen LogP contribution is 2.21. The molecule has 0 aliphatic heterocycles. The molecule has 0 aliphatic carbocycles. The van der Waals surface area contributed by atoms with Crippen LogP contribution in [0.25, 0.3) is 0 Å². The molecule has 2 aromatic rings. The van der Waals surface area contributed by atoms with Gasteiger partial charge in [0.2, 0.25) is 0 Å². The van der Waals surface area contributed by atoms with E-state index >= 15 is 0 Å². The van der Waals surface area contributed by atoms with Gasteiger partial charge in [-0.3, -0.25) is 9.48 Å². The van der Waals surface area contributed by atoms with Crippen molar-refractivity contribution in [3.63, 3.8) is 0 Å². The fourth-order valence-corrected chi connectivity index (χ4v) is 2.97. The first kappa shape index (κ1) is 13.5. The number of aryl methyl sites for hydroxylation is 1. The number of aromatic nitrogens is 2. The molecule has 0 bridgehead atoms. The van der Waals surface area contributed by atoms with Gasteiger partial charge in [0.1, 0.15) is 0 Å². The molecule has 0 fully saturated rings. The van der Waals surface area contributed by atoms with Crippen molar-refractivity contribution < 1.29 is 4.79 Å². The molecule has 0 spiro atoms. The van der Waals surface area contributed by atoms with Crippen LogP contribution in [-0.2, 0) is 13.0 Å². The van der Waals surface area contributed by atoms with Crippen LogP contribution in [0.3, 0.4) is 0 Å². The van der Waals surface area contributed by atoms with E-state index in [1.165, 1.54) is 0 Å². The van der Waals surface area contributed by atoms with Crippen LogP contribution in [-0.4, -0.2) is 15.6 Å². The molecule has 0 saturated carbocycles. The summed E-state index contributed by atoms with van der Waals surface area (Å²) in [5.41, 5.74) is 1.64. The van der Waals surface area contributed by atoms with Gasteiger partial charge in [-0.05, 0) is 30.7 Å². The summed E-state index contributed by atoms with van der Waals surface area (Å²) in [6, 6.07) is 5.57. The number of hydrogen-bond acceptors (Lipinski definition) is 2. The van der Waals surface area contributed by atoms with E-state index in [2.05, 4.69) is 37.0 Å². The van der Waals surface area contributed by atoms with Gasteiger partial charge in [0, 0.05) is 33.7 Å². The Bertz CT molecular complexity index is 558. The Hall–Kier alpha value is -0.940. The van der Waals surface area contributed by atoms with Gasteiger partial charge in [-0.25, -0.2) is 0 Å². The standard InChI is InChI=1S/C13H12Br2N2O/c1-2-17-8-9(7-16-17)3-13(18)10-4-11(14)6-12(15)5-10/h4-8H,2-3H2,1H3. The second-order valence-electron chi connectivity index (χ2n) is 3.96. The second-order valence-corrected chi connectivity index (χ2v) is 5.79. The molecular formula is C13H12Br2N2O. The smallest absolute Gasteiger partial charge is 0.167 e. The Morgan fingerprint density at radius 3 is 2.50 bits per heavy atom. The number of rotatable bonds is 4. The lowest BCUT2D eigenvalue weighted by Crippen LogP contribution is -2.03. The zero-order valence-corrected chi connectivity index (χ0v) is 13.0. The zero-order valence-electron chi connectivity index (χ0n) is 9.86. The fraction of sp³-hybridized carbons (Fsp3) is 0.231. The van der Waals surface area contributed by atoms with Crippen molar-refractivity contribution in [3.05, 3.63) is 50.7 Å². The molecule has 0 N–H and O–H groups in total. The van der Waals surface area contributed by atoms with Gasteiger partial charge >= 0.3 is 0 Å². The number of Topliss-reactive ketones (excluding diaryl/α,β-unsaturated/α-hetero) is 1. The Morgan fingerprint density at radius 2 is 1.94 bits per heavy atom. The normalized spacial score (nSPS) is 10.6. The summed E-state index contributed by atoms with van der Waals surface area (Å²) in [4.78, 5) is 12.1. The Morgan fingerprint density at radius 1 is 1.28 bits per heavy atom. The van der Waals surface area contributed by atoms with E-state index < -0.39 is 0 Å². The largest absolute Gasteiger partial charge is 0.294 e. The molecule has 0 amide bonds. The summed E-state index contributed by atoms with van der Waals surface area (Å²) in [7, 11) is 0. The summed E-state index contributed by atoms with van der Waals surface area (Å²) in [5, 5.41) is 4.16. The molecule has 0 unspecified atom stereocenters. The van der Waals surface area contributed by atoms with Crippen LogP contribution in [0.1, 0.15) is 22.8 Å². The van der Waals surface area contributed by atoms with Crippen molar-refractivity contribution in [3.8, 4) is 0 Å². The number of ketones is 1. The highest BCUT2D eigenvalue weighted by molar-refractivity contribution is 9.11. The predicted octanol–water partition coefficient (Wildman–Crippen LogP) is 3.85. The molecule has 3 nitrogen and oxygen atoms in total. The third kappa shape index (κ3) is 3.29. The summed E-state index contributed by atoms with van der Waals surface area (Å²) < 4.78 is 3.60. The monoisotopic (exact) mass is 370 g/mol. The number of benzene rings is 1. The fourth-order valence-electron chi connectivity index (χ4n) is 1.67. The van der Waals surface area contributed by atoms with Gasteiger partial charge in [-0.15, -0.1) is 0 Å². The highest BCUT2D eigenvalue weighted by Gasteiger charge is 2.10. The topological polar surface area (TPSA) is 34.9 Å². The third-order valence-corrected chi connectivity index (χ3v) is 3.48. The van der Waals surface area contributed by atoms with Crippen LogP contribution in [0, 0.1) is 0 Å². The quantitative estimate of drug-likeness (QED) is 0.765. The van der Waals surface area contributed by atoms with Gasteiger partial charge < -0.3 is 0 Å². The molecule has 2 rings (SSSR count). The van der Waals surface area contributed by atoms with Crippen LogP contribution in [0.15, 0.2) is 39.5 Å². The van der Waals surface area contributed by atoms with E-state index in [0.29, 0.717) is 12.0 Å². The van der Waals surface area contributed by atoms with Crippen LogP contribution in [0.2, 0.25) is 0 Å². The summed E-state index contributed by atoms with van der Waals surface area (Å²) >= 11 is 6.77. The number of carbonyl (C=O) groups is 1. The van der Waals surface area contributed by atoms with E-state index in [1.807, 2.05) is 36.0 Å². The SMILES string of the molecule is CCn1cc(CC(=O)c2cc(Br)cc(Br)c2)cn1. The Kier molecular flexibility index (Phi) is 4.35. The van der Waals surface area contributed by atoms with Gasteiger partial charge in [-0.1, -0.05) is 31.9 Å². The third-order valence-electron chi connectivity index (χ3n) is 2.56. The van der Waals surface area contributed by atoms with E-state index in [4.69, 9.17) is 0 Å². The summed E-state index contributed by atoms with van der Waals surface area (Å²) in [5.74, 6) is 0.0904. The van der Waals surface area contributed by atoms with Crippen LogP contribution >= 0.6 is 31.9 Å². The van der Waals surface area contributed by atoms with Gasteiger partial charge in [0.15, 0.2) is 5.78 Å². The van der Waals surface area contributed by atoms with Crippen LogP contribution < -0.4 is 0 Å². The summed E-state index contributed by atoms with van der Waals surface area (Å²) in [6.45, 7) is 2.83. The second kappa shape index (κ2) is 5.80. The molecule has 5 heteroatoms. The van der Waals surface area contributed by atoms with Crippen molar-refractivity contribution in [1.82, 2.24) is 9.78 Å². The maximum Gasteiger partial charge on any atom is 0.167 e. The minimum atomic E-state index is 0.0904. The van der Waals surface area contributed by atoms with Crippen molar-refractivity contribution in [2.45, 2.75) is 19.9 Å². The molecular weight excluding hydrogens is 360 g/mol. The minimum absolute atomic E-state index is 0.0904. The maximum atomic E-state index is 12.1.